The molecule has 0 atom stereocenters. The van der Waals surface area contributed by atoms with Crippen LogP contribution in [0, 0.1) is 0 Å². The van der Waals surface area contributed by atoms with Crippen LogP contribution in [0.3, 0.4) is 0 Å². The SMILES string of the molecule is COC1(c2ccc(C=CC(=O)O)cc2)CCCCC1. The van der Waals surface area contributed by atoms with Gasteiger partial charge in [0.1, 0.15) is 0 Å². The molecule has 0 aliphatic heterocycles. The van der Waals surface area contributed by atoms with Crippen molar-refractivity contribution in [3.63, 3.8) is 0 Å². The fourth-order valence-electron chi connectivity index (χ4n) is 2.80. The number of carboxylic acids is 1. The van der Waals surface area contributed by atoms with Crippen molar-refractivity contribution in [2.24, 2.45) is 0 Å². The van der Waals surface area contributed by atoms with Crippen LogP contribution in [0.5, 0.6) is 0 Å². The lowest BCUT2D eigenvalue weighted by Crippen LogP contribution is -2.30. The summed E-state index contributed by atoms with van der Waals surface area (Å²) in [5, 5.41) is 8.61. The van der Waals surface area contributed by atoms with Crippen LogP contribution in [0.25, 0.3) is 6.08 Å². The van der Waals surface area contributed by atoms with Gasteiger partial charge in [0.25, 0.3) is 0 Å². The number of aliphatic carboxylic acids is 1. The average Bonchev–Trinajstić information content (AvgIpc) is 2.46. The maximum atomic E-state index is 10.5. The first kappa shape index (κ1) is 13.8. The van der Waals surface area contributed by atoms with Crippen LogP contribution in [0.15, 0.2) is 30.3 Å². The second-order valence-electron chi connectivity index (χ2n) is 5.05. The molecule has 0 heterocycles. The summed E-state index contributed by atoms with van der Waals surface area (Å²) < 4.78 is 5.79. The topological polar surface area (TPSA) is 46.5 Å². The highest BCUT2D eigenvalue weighted by molar-refractivity contribution is 5.85. The third-order valence-electron chi connectivity index (χ3n) is 3.91. The summed E-state index contributed by atoms with van der Waals surface area (Å²) in [6, 6.07) is 8.00. The van der Waals surface area contributed by atoms with Gasteiger partial charge < -0.3 is 9.84 Å². The number of carboxylic acid groups (broad SMARTS) is 1. The third kappa shape index (κ3) is 3.24. The van der Waals surface area contributed by atoms with Crippen molar-refractivity contribution in [1.29, 1.82) is 0 Å². The number of benzene rings is 1. The molecular weight excluding hydrogens is 240 g/mol. The van der Waals surface area contributed by atoms with E-state index >= 15 is 0 Å². The Hall–Kier alpha value is -1.61. The third-order valence-corrected chi connectivity index (χ3v) is 3.91. The van der Waals surface area contributed by atoms with Crippen LogP contribution in [-0.2, 0) is 15.1 Å². The van der Waals surface area contributed by atoms with Gasteiger partial charge in [0.05, 0.1) is 5.60 Å². The van der Waals surface area contributed by atoms with Gasteiger partial charge >= 0.3 is 5.97 Å². The normalized spacial score (nSPS) is 18.6. The van der Waals surface area contributed by atoms with Crippen LogP contribution in [0.1, 0.15) is 43.2 Å². The van der Waals surface area contributed by atoms with Gasteiger partial charge in [-0.2, -0.15) is 0 Å². The smallest absolute Gasteiger partial charge is 0.328 e. The molecule has 1 aliphatic carbocycles. The molecule has 1 saturated carbocycles. The molecule has 0 aromatic heterocycles. The Morgan fingerprint density at radius 3 is 2.37 bits per heavy atom. The minimum absolute atomic E-state index is 0.146. The Kier molecular flexibility index (Phi) is 4.38. The van der Waals surface area contributed by atoms with Gasteiger partial charge in [-0.25, -0.2) is 4.79 Å². The zero-order valence-corrected chi connectivity index (χ0v) is 11.3. The van der Waals surface area contributed by atoms with Gasteiger partial charge in [0, 0.05) is 13.2 Å². The molecule has 1 N–H and O–H groups in total. The first-order valence-corrected chi connectivity index (χ1v) is 6.73. The van der Waals surface area contributed by atoms with E-state index < -0.39 is 5.97 Å². The quantitative estimate of drug-likeness (QED) is 0.841. The van der Waals surface area contributed by atoms with Gasteiger partial charge in [-0.1, -0.05) is 43.5 Å². The zero-order chi connectivity index (χ0) is 13.7. The summed E-state index contributed by atoms with van der Waals surface area (Å²) in [6.07, 6.45) is 8.57. The Balaban J connectivity index is 2.18. The minimum atomic E-state index is -0.926. The van der Waals surface area contributed by atoms with E-state index in [2.05, 4.69) is 12.1 Å². The average molecular weight is 260 g/mol. The zero-order valence-electron chi connectivity index (χ0n) is 11.3. The Morgan fingerprint density at radius 2 is 1.84 bits per heavy atom. The molecule has 0 unspecified atom stereocenters. The van der Waals surface area contributed by atoms with Crippen LogP contribution in [0.4, 0.5) is 0 Å². The molecular formula is C16H20O3. The van der Waals surface area contributed by atoms with Gasteiger partial charge in [-0.15, -0.1) is 0 Å². The number of methoxy groups -OCH3 is 1. The molecule has 0 bridgehead atoms. The van der Waals surface area contributed by atoms with Gasteiger partial charge in [0.2, 0.25) is 0 Å². The van der Waals surface area contributed by atoms with Crippen LogP contribution < -0.4 is 0 Å². The summed E-state index contributed by atoms with van der Waals surface area (Å²) in [6.45, 7) is 0. The number of carbonyl (C=O) groups is 1. The van der Waals surface area contributed by atoms with Crippen molar-refractivity contribution in [3.8, 4) is 0 Å². The van der Waals surface area contributed by atoms with Crippen molar-refractivity contribution in [1.82, 2.24) is 0 Å². The Labute approximate surface area is 113 Å². The molecule has 0 saturated heterocycles. The van der Waals surface area contributed by atoms with E-state index in [1.165, 1.54) is 24.8 Å². The van der Waals surface area contributed by atoms with Gasteiger partial charge in [0.15, 0.2) is 0 Å². The van der Waals surface area contributed by atoms with E-state index in [0.717, 1.165) is 24.5 Å². The lowest BCUT2D eigenvalue weighted by Gasteiger charge is -2.36. The van der Waals surface area contributed by atoms with Crippen molar-refractivity contribution in [2.75, 3.05) is 7.11 Å². The van der Waals surface area contributed by atoms with Crippen LogP contribution in [0.2, 0.25) is 0 Å². The van der Waals surface area contributed by atoms with E-state index in [1.54, 1.807) is 13.2 Å². The predicted molar refractivity (Wildman–Crippen MR) is 74.9 cm³/mol. The highest BCUT2D eigenvalue weighted by Crippen LogP contribution is 2.39. The molecule has 2 rings (SSSR count). The molecule has 1 fully saturated rings. The monoisotopic (exact) mass is 260 g/mol. The first-order chi connectivity index (χ1) is 9.16. The predicted octanol–water partition coefficient (Wildman–Crippen LogP) is 3.59. The second kappa shape index (κ2) is 6.02. The van der Waals surface area contributed by atoms with E-state index in [9.17, 15) is 4.79 Å². The molecule has 102 valence electrons. The fraction of sp³-hybridized carbons (Fsp3) is 0.438. The Bertz CT molecular complexity index is 453. The summed E-state index contributed by atoms with van der Waals surface area (Å²) >= 11 is 0. The van der Waals surface area contributed by atoms with Crippen LogP contribution >= 0.6 is 0 Å². The number of rotatable bonds is 4. The lowest BCUT2D eigenvalue weighted by atomic mass is 9.79. The largest absolute Gasteiger partial charge is 0.478 e. The van der Waals surface area contributed by atoms with Crippen molar-refractivity contribution < 1.29 is 14.6 Å². The molecule has 0 amide bonds. The standard InChI is InChI=1S/C16H20O3/c1-19-16(11-3-2-4-12-16)14-8-5-13(6-9-14)7-10-15(17)18/h5-10H,2-4,11-12H2,1H3,(H,17,18). The van der Waals surface area contributed by atoms with E-state index in [0.29, 0.717) is 0 Å². The first-order valence-electron chi connectivity index (χ1n) is 6.73. The highest BCUT2D eigenvalue weighted by Gasteiger charge is 2.33. The van der Waals surface area contributed by atoms with E-state index in [4.69, 9.17) is 9.84 Å². The fourth-order valence-corrected chi connectivity index (χ4v) is 2.80. The summed E-state index contributed by atoms with van der Waals surface area (Å²) in [5.74, 6) is -0.926. The van der Waals surface area contributed by atoms with Crippen molar-refractivity contribution in [3.05, 3.63) is 41.5 Å². The summed E-state index contributed by atoms with van der Waals surface area (Å²) in [4.78, 5) is 10.5. The van der Waals surface area contributed by atoms with E-state index in [-0.39, 0.29) is 5.60 Å². The molecule has 3 heteroatoms. The molecule has 19 heavy (non-hydrogen) atoms. The molecule has 3 nitrogen and oxygen atoms in total. The Morgan fingerprint density at radius 1 is 1.21 bits per heavy atom. The summed E-state index contributed by atoms with van der Waals surface area (Å²) in [5.41, 5.74) is 1.95. The number of hydrogen-bond acceptors (Lipinski definition) is 2. The number of ether oxygens (including phenoxy) is 1. The lowest BCUT2D eigenvalue weighted by molar-refractivity contribution is -0.131. The maximum Gasteiger partial charge on any atom is 0.328 e. The van der Waals surface area contributed by atoms with Gasteiger partial charge in [-0.05, 0) is 30.0 Å². The molecule has 1 aliphatic rings. The molecule has 0 spiro atoms. The minimum Gasteiger partial charge on any atom is -0.478 e. The maximum absolute atomic E-state index is 10.5. The summed E-state index contributed by atoms with van der Waals surface area (Å²) in [7, 11) is 1.78. The van der Waals surface area contributed by atoms with Crippen molar-refractivity contribution in [2.45, 2.75) is 37.7 Å². The van der Waals surface area contributed by atoms with Crippen LogP contribution in [-0.4, -0.2) is 18.2 Å². The number of hydrogen-bond donors (Lipinski definition) is 1. The second-order valence-corrected chi connectivity index (χ2v) is 5.05. The van der Waals surface area contributed by atoms with Crippen molar-refractivity contribution >= 4 is 12.0 Å². The molecule has 1 aromatic carbocycles. The molecule has 1 aromatic rings. The van der Waals surface area contributed by atoms with E-state index in [1.807, 2.05) is 12.1 Å². The van der Waals surface area contributed by atoms with Gasteiger partial charge in [-0.3, -0.25) is 0 Å². The highest BCUT2D eigenvalue weighted by atomic mass is 16.5. The molecule has 0 radical (unpaired) electrons.